The minimum atomic E-state index is -0.342. The molecule has 0 saturated carbocycles. The highest BCUT2D eigenvalue weighted by atomic mass is 19.1. The molecular formula is C16H13FN2O2. The number of amides is 1. The largest absolute Gasteiger partial charge is 0.356 e. The van der Waals surface area contributed by atoms with Crippen molar-refractivity contribution in [1.29, 1.82) is 0 Å². The molecule has 3 aromatic rings. The van der Waals surface area contributed by atoms with Gasteiger partial charge in [-0.3, -0.25) is 4.79 Å². The number of anilines is 1. The summed E-state index contributed by atoms with van der Waals surface area (Å²) >= 11 is 0. The number of carbonyl (C=O) groups is 1. The highest BCUT2D eigenvalue weighted by Crippen LogP contribution is 2.22. The molecule has 3 rings (SSSR count). The molecule has 1 N–H and O–H groups in total. The predicted octanol–water partition coefficient (Wildman–Crippen LogP) is 3.46. The van der Waals surface area contributed by atoms with E-state index in [-0.39, 0.29) is 18.1 Å². The normalized spacial score (nSPS) is 10.8. The Bertz CT molecular complexity index is 794. The first-order valence-electron chi connectivity index (χ1n) is 6.53. The van der Waals surface area contributed by atoms with Crippen molar-refractivity contribution in [2.45, 2.75) is 13.3 Å². The van der Waals surface area contributed by atoms with Gasteiger partial charge in [0.15, 0.2) is 5.58 Å². The highest BCUT2D eigenvalue weighted by molar-refractivity contribution is 5.95. The number of aromatic nitrogens is 1. The van der Waals surface area contributed by atoms with Crippen molar-refractivity contribution in [3.63, 3.8) is 0 Å². The molecule has 2 aromatic carbocycles. The van der Waals surface area contributed by atoms with Crippen LogP contribution in [0.15, 0.2) is 47.0 Å². The molecule has 0 saturated heterocycles. The van der Waals surface area contributed by atoms with Crippen LogP contribution < -0.4 is 5.32 Å². The second-order valence-corrected chi connectivity index (χ2v) is 4.81. The molecule has 0 aliphatic heterocycles. The van der Waals surface area contributed by atoms with Crippen LogP contribution in [-0.2, 0) is 11.2 Å². The fourth-order valence-electron chi connectivity index (χ4n) is 2.17. The van der Waals surface area contributed by atoms with E-state index in [1.807, 2.05) is 25.1 Å². The van der Waals surface area contributed by atoms with Gasteiger partial charge in [-0.15, -0.1) is 0 Å². The molecule has 0 atom stereocenters. The Balaban J connectivity index is 1.77. The second kappa shape index (κ2) is 5.36. The molecule has 4 nitrogen and oxygen atoms in total. The van der Waals surface area contributed by atoms with Gasteiger partial charge in [0.1, 0.15) is 11.5 Å². The summed E-state index contributed by atoms with van der Waals surface area (Å²) in [5.74, 6) is -0.565. The number of hydrogen-bond acceptors (Lipinski definition) is 3. The van der Waals surface area contributed by atoms with Gasteiger partial charge in [0.2, 0.25) is 5.91 Å². The molecular weight excluding hydrogens is 271 g/mol. The van der Waals surface area contributed by atoms with Crippen molar-refractivity contribution < 1.29 is 13.7 Å². The summed E-state index contributed by atoms with van der Waals surface area (Å²) in [4.78, 5) is 12.0. The summed E-state index contributed by atoms with van der Waals surface area (Å²) in [6, 6.07) is 11.3. The number of hydrogen-bond donors (Lipinski definition) is 1. The van der Waals surface area contributed by atoms with E-state index in [1.54, 1.807) is 0 Å². The summed E-state index contributed by atoms with van der Waals surface area (Å²) in [5.41, 5.74) is 2.81. The molecule has 0 aliphatic carbocycles. The monoisotopic (exact) mass is 284 g/mol. The molecule has 1 heterocycles. The van der Waals surface area contributed by atoms with Crippen LogP contribution in [0.25, 0.3) is 11.0 Å². The van der Waals surface area contributed by atoms with Crippen molar-refractivity contribution in [3.05, 3.63) is 59.5 Å². The second-order valence-electron chi connectivity index (χ2n) is 4.81. The molecule has 0 unspecified atom stereocenters. The molecule has 0 radical (unpaired) electrons. The zero-order valence-electron chi connectivity index (χ0n) is 11.4. The van der Waals surface area contributed by atoms with Gasteiger partial charge in [0, 0.05) is 11.1 Å². The van der Waals surface area contributed by atoms with Crippen LogP contribution in [-0.4, -0.2) is 11.1 Å². The smallest absolute Gasteiger partial charge is 0.230 e. The van der Waals surface area contributed by atoms with Crippen LogP contribution in [0.3, 0.4) is 0 Å². The van der Waals surface area contributed by atoms with E-state index >= 15 is 0 Å². The average molecular weight is 284 g/mol. The number of halogens is 1. The summed E-state index contributed by atoms with van der Waals surface area (Å²) in [6.07, 6.45) is 0.105. The first-order valence-corrected chi connectivity index (χ1v) is 6.53. The van der Waals surface area contributed by atoms with Gasteiger partial charge in [-0.25, -0.2) is 4.39 Å². The van der Waals surface area contributed by atoms with E-state index in [0.29, 0.717) is 17.0 Å². The minimum absolute atomic E-state index is 0.105. The van der Waals surface area contributed by atoms with Crippen molar-refractivity contribution in [3.8, 4) is 0 Å². The number of nitrogens with zero attached hydrogens (tertiary/aromatic N) is 1. The number of para-hydroxylation sites is 1. The van der Waals surface area contributed by atoms with Gasteiger partial charge in [0.25, 0.3) is 0 Å². The molecule has 1 aromatic heterocycles. The lowest BCUT2D eigenvalue weighted by atomic mass is 10.1. The van der Waals surface area contributed by atoms with E-state index < -0.39 is 0 Å². The number of benzene rings is 2. The van der Waals surface area contributed by atoms with Gasteiger partial charge in [-0.1, -0.05) is 17.3 Å². The zero-order valence-corrected chi connectivity index (χ0v) is 11.4. The van der Waals surface area contributed by atoms with E-state index in [1.165, 1.54) is 24.3 Å². The molecule has 106 valence electrons. The Morgan fingerprint density at radius 1 is 1.24 bits per heavy atom. The third-order valence-electron chi connectivity index (χ3n) is 3.23. The highest BCUT2D eigenvalue weighted by Gasteiger charge is 2.13. The van der Waals surface area contributed by atoms with Crippen molar-refractivity contribution in [2.24, 2.45) is 0 Å². The number of nitrogens with one attached hydrogen (secondary N) is 1. The summed E-state index contributed by atoms with van der Waals surface area (Å²) in [5, 5.41) is 7.49. The van der Waals surface area contributed by atoms with Gasteiger partial charge in [-0.2, -0.15) is 0 Å². The first-order chi connectivity index (χ1) is 10.1. The lowest BCUT2D eigenvalue weighted by Gasteiger charge is -2.03. The number of rotatable bonds is 3. The van der Waals surface area contributed by atoms with Crippen LogP contribution in [0, 0.1) is 12.7 Å². The fourth-order valence-corrected chi connectivity index (χ4v) is 2.17. The molecule has 0 aliphatic rings. The molecule has 0 bridgehead atoms. The summed E-state index contributed by atoms with van der Waals surface area (Å²) < 4.78 is 18.1. The van der Waals surface area contributed by atoms with Crippen LogP contribution in [0.1, 0.15) is 11.3 Å². The third kappa shape index (κ3) is 2.76. The van der Waals surface area contributed by atoms with Gasteiger partial charge >= 0.3 is 0 Å². The van der Waals surface area contributed by atoms with Gasteiger partial charge in [-0.05, 0) is 42.8 Å². The number of carbonyl (C=O) groups excluding carboxylic acids is 1. The SMILES string of the molecule is Cc1cccc2c(CC(=O)Nc3ccc(F)cc3)noc12. The predicted molar refractivity (Wildman–Crippen MR) is 77.5 cm³/mol. The Hall–Kier alpha value is -2.69. The van der Waals surface area contributed by atoms with E-state index in [2.05, 4.69) is 10.5 Å². The van der Waals surface area contributed by atoms with Crippen molar-refractivity contribution in [1.82, 2.24) is 5.16 Å². The quantitative estimate of drug-likeness (QED) is 0.801. The average Bonchev–Trinajstić information content (AvgIpc) is 2.86. The Morgan fingerprint density at radius 2 is 2.00 bits per heavy atom. The van der Waals surface area contributed by atoms with Crippen molar-refractivity contribution in [2.75, 3.05) is 5.32 Å². The molecule has 5 heteroatoms. The standard InChI is InChI=1S/C16H13FN2O2/c1-10-3-2-4-13-14(19-21-16(10)13)9-15(20)18-12-7-5-11(17)6-8-12/h2-8H,9H2,1H3,(H,18,20). The molecule has 1 amide bonds. The molecule has 0 spiro atoms. The van der Waals surface area contributed by atoms with Crippen LogP contribution in [0.5, 0.6) is 0 Å². The topological polar surface area (TPSA) is 55.1 Å². The van der Waals surface area contributed by atoms with E-state index in [0.717, 1.165) is 10.9 Å². The Kier molecular flexibility index (Phi) is 3.39. The van der Waals surface area contributed by atoms with Crippen LogP contribution in [0.4, 0.5) is 10.1 Å². The summed E-state index contributed by atoms with van der Waals surface area (Å²) in [7, 11) is 0. The number of aryl methyl sites for hydroxylation is 1. The van der Waals surface area contributed by atoms with E-state index in [9.17, 15) is 9.18 Å². The third-order valence-corrected chi connectivity index (χ3v) is 3.23. The maximum atomic E-state index is 12.8. The lowest BCUT2D eigenvalue weighted by Crippen LogP contribution is -2.14. The van der Waals surface area contributed by atoms with Crippen LogP contribution in [0.2, 0.25) is 0 Å². The first kappa shape index (κ1) is 13.3. The maximum Gasteiger partial charge on any atom is 0.230 e. The Morgan fingerprint density at radius 3 is 2.76 bits per heavy atom. The van der Waals surface area contributed by atoms with Gasteiger partial charge in [0.05, 0.1) is 6.42 Å². The molecule has 21 heavy (non-hydrogen) atoms. The van der Waals surface area contributed by atoms with Gasteiger partial charge < -0.3 is 9.84 Å². The van der Waals surface area contributed by atoms with Crippen LogP contribution >= 0.6 is 0 Å². The molecule has 0 fully saturated rings. The maximum absolute atomic E-state index is 12.8. The minimum Gasteiger partial charge on any atom is -0.356 e. The Labute approximate surface area is 120 Å². The summed E-state index contributed by atoms with van der Waals surface area (Å²) in [6.45, 7) is 1.93. The fraction of sp³-hybridized carbons (Fsp3) is 0.125. The number of fused-ring (bicyclic) bond motifs is 1. The van der Waals surface area contributed by atoms with Crippen molar-refractivity contribution >= 4 is 22.6 Å². The lowest BCUT2D eigenvalue weighted by molar-refractivity contribution is -0.115. The van der Waals surface area contributed by atoms with E-state index in [4.69, 9.17) is 4.52 Å². The zero-order chi connectivity index (χ0) is 14.8.